The lowest BCUT2D eigenvalue weighted by Crippen LogP contribution is -2.65. The van der Waals surface area contributed by atoms with E-state index in [9.17, 15) is 45.6 Å². The molecule has 0 bridgehead atoms. The lowest BCUT2D eigenvalue weighted by atomic mass is 9.97. The Morgan fingerprint density at radius 2 is 0.647 bits per heavy atom. The standard InChI is InChI=1S/C88H169NO13/c1-3-5-7-9-11-13-15-17-19-21-23-25-27-29-31-33-34-35-36-37-38-39-40-41-42-44-46-48-50-52-54-56-58-60-62-64-66-68-70-72-80(93)89-76(75-99-87-85(98)83(96)86(79(74-91)101-87)102-88-84(97)82(95)81(94)78(73-90)100-88)77(92)71-69-67-65-63-61-59-57-55-53-51-49-47-45-43-32-30-28-26-24-22-20-18-16-14-12-10-8-6-4-2/h15,17,21,23,76-79,81-88,90-92,94-98H,3-14,16,18-20,22,24-75H2,1-2H3,(H,89,93)/b17-15-,23-21-. The fraction of sp³-hybridized carbons (Fsp3) is 0.943. The molecule has 2 heterocycles. The molecule has 0 aromatic heterocycles. The van der Waals surface area contributed by atoms with Crippen LogP contribution in [0.4, 0.5) is 0 Å². The van der Waals surface area contributed by atoms with E-state index in [1.807, 2.05) is 0 Å². The first-order valence-corrected chi connectivity index (χ1v) is 44.6. The zero-order valence-electron chi connectivity index (χ0n) is 66.6. The first-order valence-electron chi connectivity index (χ1n) is 44.6. The van der Waals surface area contributed by atoms with Gasteiger partial charge in [0.2, 0.25) is 5.91 Å². The van der Waals surface area contributed by atoms with E-state index >= 15 is 0 Å². The van der Waals surface area contributed by atoms with Gasteiger partial charge in [0.05, 0.1) is 32.0 Å². The molecule has 102 heavy (non-hydrogen) atoms. The molecule has 12 unspecified atom stereocenters. The Kier molecular flexibility index (Phi) is 68.5. The van der Waals surface area contributed by atoms with Gasteiger partial charge in [0.25, 0.3) is 0 Å². The molecule has 12 atom stereocenters. The van der Waals surface area contributed by atoms with Crippen molar-refractivity contribution in [2.45, 2.75) is 511 Å². The Morgan fingerprint density at radius 1 is 0.353 bits per heavy atom. The summed E-state index contributed by atoms with van der Waals surface area (Å²) in [4.78, 5) is 13.4. The van der Waals surface area contributed by atoms with E-state index in [2.05, 4.69) is 43.5 Å². The summed E-state index contributed by atoms with van der Waals surface area (Å²) in [5, 5.41) is 88.0. The fourth-order valence-electron chi connectivity index (χ4n) is 15.2. The molecular formula is C88H169NO13. The Morgan fingerprint density at radius 3 is 0.980 bits per heavy atom. The number of allylic oxidation sites excluding steroid dienone is 4. The first-order chi connectivity index (χ1) is 50.1. The molecule has 2 rings (SSSR count). The number of aliphatic hydroxyl groups is 8. The van der Waals surface area contributed by atoms with Crippen LogP contribution in [0.1, 0.15) is 438 Å². The summed E-state index contributed by atoms with van der Waals surface area (Å²) in [6.07, 6.45) is 78.3. The average molecular weight is 1450 g/mol. The van der Waals surface area contributed by atoms with E-state index in [0.717, 1.165) is 57.8 Å². The van der Waals surface area contributed by atoms with Gasteiger partial charge in [-0.2, -0.15) is 0 Å². The van der Waals surface area contributed by atoms with Crippen LogP contribution >= 0.6 is 0 Å². The summed E-state index contributed by atoms with van der Waals surface area (Å²) in [6.45, 7) is 2.93. The van der Waals surface area contributed by atoms with Gasteiger partial charge >= 0.3 is 0 Å². The van der Waals surface area contributed by atoms with Crippen LogP contribution in [0.5, 0.6) is 0 Å². The topological polar surface area (TPSA) is 228 Å². The number of carbonyl (C=O) groups excluding carboxylic acids is 1. The van der Waals surface area contributed by atoms with Gasteiger partial charge in [0.15, 0.2) is 12.6 Å². The minimum Gasteiger partial charge on any atom is -0.394 e. The first kappa shape index (κ1) is 96.5. The van der Waals surface area contributed by atoms with Crippen molar-refractivity contribution >= 4 is 5.91 Å². The third-order valence-electron chi connectivity index (χ3n) is 22.2. The second-order valence-electron chi connectivity index (χ2n) is 31.7. The second kappa shape index (κ2) is 72.3. The Hall–Kier alpha value is -1.53. The number of nitrogens with one attached hydrogen (secondary N) is 1. The van der Waals surface area contributed by atoms with E-state index in [1.54, 1.807) is 0 Å². The van der Waals surface area contributed by atoms with Crippen LogP contribution in [-0.4, -0.2) is 140 Å². The monoisotopic (exact) mass is 1450 g/mol. The van der Waals surface area contributed by atoms with E-state index in [-0.39, 0.29) is 12.5 Å². The lowest BCUT2D eigenvalue weighted by Gasteiger charge is -2.46. The molecule has 0 radical (unpaired) electrons. The number of aliphatic hydroxyl groups excluding tert-OH is 8. The third kappa shape index (κ3) is 54.1. The van der Waals surface area contributed by atoms with Crippen LogP contribution in [0, 0.1) is 0 Å². The number of amides is 1. The van der Waals surface area contributed by atoms with Crippen molar-refractivity contribution in [1.82, 2.24) is 5.32 Å². The third-order valence-corrected chi connectivity index (χ3v) is 22.2. The maximum absolute atomic E-state index is 13.4. The van der Waals surface area contributed by atoms with E-state index < -0.39 is 86.8 Å². The van der Waals surface area contributed by atoms with E-state index in [4.69, 9.17) is 18.9 Å². The van der Waals surface area contributed by atoms with Gasteiger partial charge in [0, 0.05) is 6.42 Å². The molecule has 1 amide bonds. The quantitative estimate of drug-likeness (QED) is 0.0204. The van der Waals surface area contributed by atoms with Crippen LogP contribution in [0.25, 0.3) is 0 Å². The summed E-state index contributed by atoms with van der Waals surface area (Å²) in [7, 11) is 0. The Bertz CT molecular complexity index is 1810. The highest BCUT2D eigenvalue weighted by Crippen LogP contribution is 2.31. The molecule has 0 aliphatic carbocycles. The zero-order valence-corrected chi connectivity index (χ0v) is 66.6. The van der Waals surface area contributed by atoms with Crippen molar-refractivity contribution in [2.75, 3.05) is 19.8 Å². The second-order valence-corrected chi connectivity index (χ2v) is 31.7. The predicted molar refractivity (Wildman–Crippen MR) is 425 cm³/mol. The molecule has 14 nitrogen and oxygen atoms in total. The maximum Gasteiger partial charge on any atom is 0.220 e. The van der Waals surface area contributed by atoms with Crippen molar-refractivity contribution in [3.63, 3.8) is 0 Å². The number of unbranched alkanes of at least 4 members (excludes halogenated alkanes) is 60. The summed E-state index contributed by atoms with van der Waals surface area (Å²) in [6, 6.07) is -0.828. The van der Waals surface area contributed by atoms with E-state index in [1.165, 1.54) is 353 Å². The average Bonchev–Trinajstić information content (AvgIpc) is 0.790. The number of ether oxygens (including phenoxy) is 4. The molecule has 0 aromatic rings. The fourth-order valence-corrected chi connectivity index (χ4v) is 15.2. The highest BCUT2D eigenvalue weighted by Gasteiger charge is 2.51. The van der Waals surface area contributed by atoms with Crippen molar-refractivity contribution < 1.29 is 64.6 Å². The van der Waals surface area contributed by atoms with Gasteiger partial charge in [0.1, 0.15) is 48.8 Å². The van der Waals surface area contributed by atoms with Gasteiger partial charge in [-0.1, -0.05) is 411 Å². The SMILES string of the molecule is CCCCCCC/C=C\C/C=C\CCCCCCCCCCCCCCCCCCCCCCCCCCCCCC(=O)NC(COC1OC(CO)C(OC2OC(CO)C(O)C(O)C2O)C(O)C1O)C(O)CCCCCCCCCCCCCCCCCCCCCCCCCCCCCCC. The van der Waals surface area contributed by atoms with Gasteiger partial charge in [-0.05, 0) is 44.9 Å². The summed E-state index contributed by atoms with van der Waals surface area (Å²) < 4.78 is 23.0. The molecule has 0 saturated carbocycles. The van der Waals surface area contributed by atoms with E-state index in [0.29, 0.717) is 12.8 Å². The van der Waals surface area contributed by atoms with Gasteiger partial charge in [-0.3, -0.25) is 4.79 Å². The van der Waals surface area contributed by atoms with Crippen LogP contribution < -0.4 is 5.32 Å². The largest absolute Gasteiger partial charge is 0.394 e. The van der Waals surface area contributed by atoms with Crippen LogP contribution in [0.15, 0.2) is 24.3 Å². The van der Waals surface area contributed by atoms with Gasteiger partial charge in [-0.15, -0.1) is 0 Å². The van der Waals surface area contributed by atoms with Crippen molar-refractivity contribution in [1.29, 1.82) is 0 Å². The number of hydrogen-bond donors (Lipinski definition) is 9. The van der Waals surface area contributed by atoms with Crippen LogP contribution in [0.3, 0.4) is 0 Å². The van der Waals surface area contributed by atoms with Gasteiger partial charge in [-0.25, -0.2) is 0 Å². The van der Waals surface area contributed by atoms with Crippen molar-refractivity contribution in [3.05, 3.63) is 24.3 Å². The molecule has 14 heteroatoms. The molecule has 604 valence electrons. The van der Waals surface area contributed by atoms with Gasteiger partial charge < -0.3 is 65.1 Å². The smallest absolute Gasteiger partial charge is 0.220 e. The summed E-state index contributed by atoms with van der Waals surface area (Å²) in [5.41, 5.74) is 0. The molecule has 2 aliphatic rings. The number of rotatable bonds is 77. The molecule has 2 fully saturated rings. The Labute approximate surface area is 628 Å². The van der Waals surface area contributed by atoms with Crippen LogP contribution in [-0.2, 0) is 23.7 Å². The summed E-state index contributed by atoms with van der Waals surface area (Å²) in [5.74, 6) is -0.195. The summed E-state index contributed by atoms with van der Waals surface area (Å²) >= 11 is 0. The predicted octanol–water partition coefficient (Wildman–Crippen LogP) is 21.4. The number of carbonyl (C=O) groups is 1. The van der Waals surface area contributed by atoms with Crippen LogP contribution in [0.2, 0.25) is 0 Å². The highest BCUT2D eigenvalue weighted by atomic mass is 16.7. The molecule has 2 saturated heterocycles. The normalized spacial score (nSPS) is 21.7. The zero-order chi connectivity index (χ0) is 73.7. The minimum atomic E-state index is -1.78. The number of hydrogen-bond acceptors (Lipinski definition) is 13. The molecular weight excluding hydrogens is 1280 g/mol. The molecule has 0 aromatic carbocycles. The lowest BCUT2D eigenvalue weighted by molar-refractivity contribution is -0.359. The molecule has 2 aliphatic heterocycles. The van der Waals surface area contributed by atoms with Crippen molar-refractivity contribution in [2.24, 2.45) is 0 Å². The molecule has 0 spiro atoms. The highest BCUT2D eigenvalue weighted by molar-refractivity contribution is 5.76. The molecule has 9 N–H and O–H groups in total. The maximum atomic E-state index is 13.4. The Balaban J connectivity index is 1.54. The van der Waals surface area contributed by atoms with Crippen molar-refractivity contribution in [3.8, 4) is 0 Å². The minimum absolute atomic E-state index is 0.195.